The van der Waals surface area contributed by atoms with Gasteiger partial charge in [-0.1, -0.05) is 6.07 Å². The summed E-state index contributed by atoms with van der Waals surface area (Å²) in [6.07, 6.45) is 0.269. The van der Waals surface area contributed by atoms with E-state index < -0.39 is 0 Å². The van der Waals surface area contributed by atoms with Crippen molar-refractivity contribution in [1.82, 2.24) is 15.6 Å². The fourth-order valence-corrected chi connectivity index (χ4v) is 2.32. The average Bonchev–Trinajstić information content (AvgIpc) is 2.79. The Morgan fingerprint density at radius 1 is 1.47 bits per heavy atom. The van der Waals surface area contributed by atoms with E-state index in [1.807, 2.05) is 19.1 Å². The lowest BCUT2D eigenvalue weighted by Gasteiger charge is -2.23. The number of morpholine rings is 1. The van der Waals surface area contributed by atoms with Crippen LogP contribution in [-0.2, 0) is 11.3 Å². The Kier molecular flexibility index (Phi) is 3.77. The molecule has 1 saturated heterocycles. The molecule has 19 heavy (non-hydrogen) atoms. The maximum atomic E-state index is 5.64. The highest BCUT2D eigenvalue weighted by atomic mass is 16.5. The standard InChI is InChI=1S/C14H19N3O2/c1-10-17-13-3-2-11(6-14(13)19-10)7-16-9-12-8-15-4-5-18-12/h2-3,6,12,15-16H,4-5,7-9H2,1H3. The molecule has 1 aromatic carbocycles. The van der Waals surface area contributed by atoms with E-state index in [0.29, 0.717) is 5.89 Å². The van der Waals surface area contributed by atoms with Crippen LogP contribution in [0.5, 0.6) is 0 Å². The molecule has 2 N–H and O–H groups in total. The first-order chi connectivity index (χ1) is 9.31. The zero-order chi connectivity index (χ0) is 13.1. The molecule has 0 radical (unpaired) electrons. The van der Waals surface area contributed by atoms with Crippen LogP contribution in [0, 0.1) is 6.92 Å². The minimum Gasteiger partial charge on any atom is -0.441 e. The second-order valence-corrected chi connectivity index (χ2v) is 4.86. The van der Waals surface area contributed by atoms with Crippen molar-refractivity contribution in [1.29, 1.82) is 0 Å². The summed E-state index contributed by atoms with van der Waals surface area (Å²) in [5.41, 5.74) is 2.97. The third-order valence-corrected chi connectivity index (χ3v) is 3.27. The number of nitrogens with zero attached hydrogens (tertiary/aromatic N) is 1. The van der Waals surface area contributed by atoms with Gasteiger partial charge in [-0.05, 0) is 17.7 Å². The Bertz CT molecular complexity index is 547. The zero-order valence-electron chi connectivity index (χ0n) is 11.1. The van der Waals surface area contributed by atoms with Crippen LogP contribution in [0.4, 0.5) is 0 Å². The van der Waals surface area contributed by atoms with Crippen LogP contribution in [-0.4, -0.2) is 37.3 Å². The van der Waals surface area contributed by atoms with Crippen LogP contribution >= 0.6 is 0 Å². The minimum atomic E-state index is 0.269. The third-order valence-electron chi connectivity index (χ3n) is 3.27. The fraction of sp³-hybridized carbons (Fsp3) is 0.500. The Balaban J connectivity index is 1.55. The Morgan fingerprint density at radius 2 is 2.42 bits per heavy atom. The molecule has 1 aliphatic rings. The molecule has 0 amide bonds. The first kappa shape index (κ1) is 12.6. The second kappa shape index (κ2) is 5.69. The molecule has 1 fully saturated rings. The first-order valence-electron chi connectivity index (χ1n) is 6.70. The van der Waals surface area contributed by atoms with E-state index in [1.165, 1.54) is 5.56 Å². The van der Waals surface area contributed by atoms with E-state index in [2.05, 4.69) is 21.7 Å². The van der Waals surface area contributed by atoms with E-state index >= 15 is 0 Å². The largest absolute Gasteiger partial charge is 0.441 e. The molecule has 0 spiro atoms. The highest BCUT2D eigenvalue weighted by molar-refractivity contribution is 5.73. The number of hydrogen-bond acceptors (Lipinski definition) is 5. The molecule has 5 heteroatoms. The molecule has 1 atom stereocenters. The fourth-order valence-electron chi connectivity index (χ4n) is 2.32. The molecule has 2 aromatic rings. The molecule has 1 aliphatic heterocycles. The van der Waals surface area contributed by atoms with Crippen molar-refractivity contribution in [2.75, 3.05) is 26.2 Å². The number of rotatable bonds is 4. The second-order valence-electron chi connectivity index (χ2n) is 4.86. The molecule has 1 unspecified atom stereocenters. The topological polar surface area (TPSA) is 59.3 Å². The normalized spacial score (nSPS) is 19.9. The molecule has 5 nitrogen and oxygen atoms in total. The Morgan fingerprint density at radius 3 is 3.26 bits per heavy atom. The summed E-state index contributed by atoms with van der Waals surface area (Å²) in [7, 11) is 0. The molecule has 3 rings (SSSR count). The predicted molar refractivity (Wildman–Crippen MR) is 73.1 cm³/mol. The number of oxazole rings is 1. The summed E-state index contributed by atoms with van der Waals surface area (Å²) in [5.74, 6) is 0.710. The van der Waals surface area contributed by atoms with E-state index in [9.17, 15) is 0 Å². The van der Waals surface area contributed by atoms with Crippen molar-refractivity contribution >= 4 is 11.1 Å². The monoisotopic (exact) mass is 261 g/mol. The smallest absolute Gasteiger partial charge is 0.192 e. The molecule has 1 aromatic heterocycles. The number of nitrogens with one attached hydrogen (secondary N) is 2. The van der Waals surface area contributed by atoms with Crippen molar-refractivity contribution in [2.45, 2.75) is 19.6 Å². The van der Waals surface area contributed by atoms with E-state index in [0.717, 1.165) is 43.9 Å². The van der Waals surface area contributed by atoms with Gasteiger partial charge in [0.25, 0.3) is 0 Å². The zero-order valence-corrected chi connectivity index (χ0v) is 11.1. The maximum absolute atomic E-state index is 5.64. The Labute approximate surface area is 112 Å². The minimum absolute atomic E-state index is 0.269. The van der Waals surface area contributed by atoms with Gasteiger partial charge in [0.15, 0.2) is 11.5 Å². The summed E-state index contributed by atoms with van der Waals surface area (Å²) in [5, 5.41) is 6.74. The third kappa shape index (κ3) is 3.12. The first-order valence-corrected chi connectivity index (χ1v) is 6.70. The van der Waals surface area contributed by atoms with Crippen LogP contribution in [0.2, 0.25) is 0 Å². The van der Waals surface area contributed by atoms with Crippen molar-refractivity contribution in [3.05, 3.63) is 29.7 Å². The van der Waals surface area contributed by atoms with Gasteiger partial charge in [-0.3, -0.25) is 0 Å². The number of aryl methyl sites for hydroxylation is 1. The van der Waals surface area contributed by atoms with Crippen LogP contribution < -0.4 is 10.6 Å². The van der Waals surface area contributed by atoms with Crippen molar-refractivity contribution in [2.24, 2.45) is 0 Å². The van der Waals surface area contributed by atoms with Crippen LogP contribution in [0.1, 0.15) is 11.5 Å². The van der Waals surface area contributed by atoms with Gasteiger partial charge in [-0.25, -0.2) is 4.98 Å². The summed E-state index contributed by atoms with van der Waals surface area (Å²) >= 11 is 0. The van der Waals surface area contributed by atoms with Gasteiger partial charge in [-0.15, -0.1) is 0 Å². The predicted octanol–water partition coefficient (Wildman–Crippen LogP) is 1.21. The van der Waals surface area contributed by atoms with Gasteiger partial charge in [0.1, 0.15) is 5.52 Å². The summed E-state index contributed by atoms with van der Waals surface area (Å²) in [6, 6.07) is 6.13. The summed E-state index contributed by atoms with van der Waals surface area (Å²) < 4.78 is 11.2. The molecular weight excluding hydrogens is 242 g/mol. The summed E-state index contributed by atoms with van der Waals surface area (Å²) in [6.45, 7) is 6.22. The summed E-state index contributed by atoms with van der Waals surface area (Å²) in [4.78, 5) is 4.29. The quantitative estimate of drug-likeness (QED) is 0.866. The van der Waals surface area contributed by atoms with Gasteiger partial charge in [0, 0.05) is 33.1 Å². The van der Waals surface area contributed by atoms with Gasteiger partial charge < -0.3 is 19.8 Å². The highest BCUT2D eigenvalue weighted by Crippen LogP contribution is 2.16. The SMILES string of the molecule is Cc1nc2ccc(CNCC3CNCCO3)cc2o1. The molecule has 0 aliphatic carbocycles. The van der Waals surface area contributed by atoms with Crippen LogP contribution in [0.3, 0.4) is 0 Å². The molecular formula is C14H19N3O2. The Hall–Kier alpha value is -1.43. The van der Waals surface area contributed by atoms with Gasteiger partial charge in [0.05, 0.1) is 12.7 Å². The van der Waals surface area contributed by atoms with Crippen LogP contribution in [0.25, 0.3) is 11.1 Å². The van der Waals surface area contributed by atoms with Gasteiger partial charge >= 0.3 is 0 Å². The van der Waals surface area contributed by atoms with Crippen molar-refractivity contribution in [3.8, 4) is 0 Å². The molecule has 2 heterocycles. The number of ether oxygens (including phenoxy) is 1. The highest BCUT2D eigenvalue weighted by Gasteiger charge is 2.12. The molecule has 102 valence electrons. The maximum Gasteiger partial charge on any atom is 0.192 e. The average molecular weight is 261 g/mol. The van der Waals surface area contributed by atoms with Crippen molar-refractivity contribution in [3.63, 3.8) is 0 Å². The lowest BCUT2D eigenvalue weighted by Crippen LogP contribution is -2.43. The lowest BCUT2D eigenvalue weighted by atomic mass is 10.2. The van der Waals surface area contributed by atoms with E-state index in [1.54, 1.807) is 0 Å². The van der Waals surface area contributed by atoms with Crippen molar-refractivity contribution < 1.29 is 9.15 Å². The van der Waals surface area contributed by atoms with Crippen LogP contribution in [0.15, 0.2) is 22.6 Å². The number of fused-ring (bicyclic) bond motifs is 1. The van der Waals surface area contributed by atoms with E-state index in [4.69, 9.17) is 9.15 Å². The lowest BCUT2D eigenvalue weighted by molar-refractivity contribution is 0.0291. The van der Waals surface area contributed by atoms with Gasteiger partial charge in [0.2, 0.25) is 0 Å². The molecule has 0 bridgehead atoms. The van der Waals surface area contributed by atoms with E-state index in [-0.39, 0.29) is 6.10 Å². The molecule has 0 saturated carbocycles. The number of benzene rings is 1. The number of hydrogen-bond donors (Lipinski definition) is 2. The number of aromatic nitrogens is 1. The van der Waals surface area contributed by atoms with Gasteiger partial charge in [-0.2, -0.15) is 0 Å².